The fourth-order valence-electron chi connectivity index (χ4n) is 2.06. The molecule has 0 bridgehead atoms. The van der Waals surface area contributed by atoms with Crippen LogP contribution in [0.2, 0.25) is 5.02 Å². The second kappa shape index (κ2) is 7.11. The molecule has 6 nitrogen and oxygen atoms in total. The molecule has 0 aliphatic rings. The maximum Gasteiger partial charge on any atom is 0.234 e. The minimum Gasteiger partial charge on any atom is -0.461 e. The van der Waals surface area contributed by atoms with Gasteiger partial charge in [0.2, 0.25) is 5.91 Å². The SMILES string of the molecule is Cc1ccc(NC(=O)CSc2nnc(-c3ccco3)n2C)cc1Cl. The van der Waals surface area contributed by atoms with Gasteiger partial charge in [-0.1, -0.05) is 29.4 Å². The molecule has 0 saturated heterocycles. The van der Waals surface area contributed by atoms with E-state index in [1.54, 1.807) is 23.0 Å². The summed E-state index contributed by atoms with van der Waals surface area (Å²) >= 11 is 7.36. The second-order valence-electron chi connectivity index (χ2n) is 5.14. The molecule has 0 aliphatic heterocycles. The highest BCUT2D eigenvalue weighted by Gasteiger charge is 2.14. The number of thioether (sulfide) groups is 1. The highest BCUT2D eigenvalue weighted by atomic mass is 35.5. The molecule has 0 aliphatic carbocycles. The molecule has 1 amide bonds. The summed E-state index contributed by atoms with van der Waals surface area (Å²) in [5.41, 5.74) is 1.64. The lowest BCUT2D eigenvalue weighted by atomic mass is 10.2. The molecule has 0 spiro atoms. The lowest BCUT2D eigenvalue weighted by Gasteiger charge is -2.06. The van der Waals surface area contributed by atoms with Crippen molar-refractivity contribution in [2.45, 2.75) is 12.1 Å². The lowest BCUT2D eigenvalue weighted by molar-refractivity contribution is -0.113. The topological polar surface area (TPSA) is 73.0 Å². The van der Waals surface area contributed by atoms with Crippen LogP contribution in [0.5, 0.6) is 0 Å². The van der Waals surface area contributed by atoms with E-state index < -0.39 is 0 Å². The van der Waals surface area contributed by atoms with Crippen LogP contribution in [0.25, 0.3) is 11.6 Å². The zero-order chi connectivity index (χ0) is 17.1. The molecule has 3 aromatic rings. The fraction of sp³-hybridized carbons (Fsp3) is 0.188. The Morgan fingerprint density at radius 2 is 2.21 bits per heavy atom. The first kappa shape index (κ1) is 16.6. The average molecular weight is 363 g/mol. The zero-order valence-electron chi connectivity index (χ0n) is 13.1. The van der Waals surface area contributed by atoms with Crippen molar-refractivity contribution < 1.29 is 9.21 Å². The molecule has 3 rings (SSSR count). The molecule has 0 fully saturated rings. The number of aryl methyl sites for hydroxylation is 1. The molecule has 1 N–H and O–H groups in total. The van der Waals surface area contributed by atoms with Crippen LogP contribution in [0.3, 0.4) is 0 Å². The number of nitrogens with zero attached hydrogens (tertiary/aromatic N) is 3. The van der Waals surface area contributed by atoms with Gasteiger partial charge in [0.15, 0.2) is 16.7 Å². The van der Waals surface area contributed by atoms with Gasteiger partial charge >= 0.3 is 0 Å². The number of halogens is 1. The summed E-state index contributed by atoms with van der Waals surface area (Å²) in [7, 11) is 1.83. The maximum atomic E-state index is 12.1. The predicted octanol–water partition coefficient (Wildman–Crippen LogP) is 3.77. The van der Waals surface area contributed by atoms with Gasteiger partial charge in [-0.2, -0.15) is 0 Å². The lowest BCUT2D eigenvalue weighted by Crippen LogP contribution is -2.14. The third-order valence-electron chi connectivity index (χ3n) is 3.36. The Morgan fingerprint density at radius 3 is 2.92 bits per heavy atom. The molecule has 124 valence electrons. The van der Waals surface area contributed by atoms with Gasteiger partial charge in [-0.3, -0.25) is 4.79 Å². The number of rotatable bonds is 5. The predicted molar refractivity (Wildman–Crippen MR) is 94.2 cm³/mol. The monoisotopic (exact) mass is 362 g/mol. The quantitative estimate of drug-likeness (QED) is 0.699. The number of benzene rings is 1. The van der Waals surface area contributed by atoms with Crippen molar-refractivity contribution in [3.05, 3.63) is 47.2 Å². The summed E-state index contributed by atoms with van der Waals surface area (Å²) in [5.74, 6) is 1.33. The minimum absolute atomic E-state index is 0.137. The van der Waals surface area contributed by atoms with Crippen LogP contribution in [0.4, 0.5) is 5.69 Å². The van der Waals surface area contributed by atoms with E-state index in [2.05, 4.69) is 15.5 Å². The van der Waals surface area contributed by atoms with Gasteiger partial charge in [-0.15, -0.1) is 10.2 Å². The van der Waals surface area contributed by atoms with Crippen molar-refractivity contribution in [3.63, 3.8) is 0 Å². The first-order valence-corrected chi connectivity index (χ1v) is 8.53. The Labute approximate surface area is 148 Å². The highest BCUT2D eigenvalue weighted by Crippen LogP contribution is 2.23. The summed E-state index contributed by atoms with van der Waals surface area (Å²) in [6.07, 6.45) is 1.58. The van der Waals surface area contributed by atoms with Crippen molar-refractivity contribution in [2.75, 3.05) is 11.1 Å². The molecule has 0 radical (unpaired) electrons. The summed E-state index contributed by atoms with van der Waals surface area (Å²) in [4.78, 5) is 12.1. The van der Waals surface area contributed by atoms with Crippen molar-refractivity contribution in [3.8, 4) is 11.6 Å². The van der Waals surface area contributed by atoms with Gasteiger partial charge in [0, 0.05) is 17.8 Å². The van der Waals surface area contributed by atoms with E-state index in [0.717, 1.165) is 5.56 Å². The van der Waals surface area contributed by atoms with Crippen molar-refractivity contribution in [1.29, 1.82) is 0 Å². The molecular weight excluding hydrogens is 348 g/mol. The summed E-state index contributed by atoms with van der Waals surface area (Å²) in [6.45, 7) is 1.91. The third kappa shape index (κ3) is 3.63. The van der Waals surface area contributed by atoms with Crippen LogP contribution < -0.4 is 5.32 Å². The van der Waals surface area contributed by atoms with Crippen LogP contribution in [-0.4, -0.2) is 26.4 Å². The number of nitrogens with one attached hydrogen (secondary N) is 1. The number of furan rings is 1. The molecular formula is C16H15ClN4O2S. The Morgan fingerprint density at radius 1 is 1.38 bits per heavy atom. The molecule has 8 heteroatoms. The number of aromatic nitrogens is 3. The molecule has 0 unspecified atom stereocenters. The molecule has 2 aromatic heterocycles. The molecule has 1 aromatic carbocycles. The zero-order valence-corrected chi connectivity index (χ0v) is 14.7. The molecule has 24 heavy (non-hydrogen) atoms. The summed E-state index contributed by atoms with van der Waals surface area (Å²) in [6, 6.07) is 9.02. The Hall–Kier alpha value is -2.25. The van der Waals surface area contributed by atoms with Crippen LogP contribution >= 0.6 is 23.4 Å². The summed E-state index contributed by atoms with van der Waals surface area (Å²) < 4.78 is 7.11. The van der Waals surface area contributed by atoms with Gasteiger partial charge in [-0.25, -0.2) is 0 Å². The van der Waals surface area contributed by atoms with Crippen LogP contribution in [0, 0.1) is 6.92 Å². The Bertz CT molecular complexity index is 861. The van der Waals surface area contributed by atoms with E-state index in [4.69, 9.17) is 16.0 Å². The first-order chi connectivity index (χ1) is 11.5. The number of hydrogen-bond acceptors (Lipinski definition) is 5. The smallest absolute Gasteiger partial charge is 0.234 e. The number of carbonyl (C=O) groups excluding carboxylic acids is 1. The van der Waals surface area contributed by atoms with E-state index in [0.29, 0.717) is 27.5 Å². The van der Waals surface area contributed by atoms with Gasteiger partial charge in [0.25, 0.3) is 0 Å². The first-order valence-electron chi connectivity index (χ1n) is 7.16. The van der Waals surface area contributed by atoms with E-state index in [1.807, 2.05) is 32.2 Å². The van der Waals surface area contributed by atoms with Gasteiger partial charge in [0.05, 0.1) is 12.0 Å². The summed E-state index contributed by atoms with van der Waals surface area (Å²) in [5, 5.41) is 12.3. The minimum atomic E-state index is -0.137. The Kier molecular flexibility index (Phi) is 4.92. The van der Waals surface area contributed by atoms with E-state index in [1.165, 1.54) is 11.8 Å². The number of hydrogen-bond donors (Lipinski definition) is 1. The molecule has 0 saturated carbocycles. The van der Waals surface area contributed by atoms with Gasteiger partial charge < -0.3 is 14.3 Å². The number of carbonyl (C=O) groups is 1. The Balaban J connectivity index is 1.61. The average Bonchev–Trinajstić information content (AvgIpc) is 3.19. The van der Waals surface area contributed by atoms with Gasteiger partial charge in [0.1, 0.15) is 0 Å². The van der Waals surface area contributed by atoms with E-state index >= 15 is 0 Å². The largest absolute Gasteiger partial charge is 0.461 e. The van der Waals surface area contributed by atoms with Crippen LogP contribution in [-0.2, 0) is 11.8 Å². The maximum absolute atomic E-state index is 12.1. The van der Waals surface area contributed by atoms with E-state index in [9.17, 15) is 4.79 Å². The third-order valence-corrected chi connectivity index (χ3v) is 4.79. The van der Waals surface area contributed by atoms with Crippen molar-refractivity contribution in [2.24, 2.45) is 7.05 Å². The van der Waals surface area contributed by atoms with Crippen molar-refractivity contribution >= 4 is 35.0 Å². The normalized spacial score (nSPS) is 10.8. The fourth-order valence-corrected chi connectivity index (χ4v) is 2.95. The molecule has 0 atom stereocenters. The number of amides is 1. The van der Waals surface area contributed by atoms with Crippen LogP contribution in [0.15, 0.2) is 46.2 Å². The van der Waals surface area contributed by atoms with Crippen LogP contribution in [0.1, 0.15) is 5.56 Å². The van der Waals surface area contributed by atoms with Crippen molar-refractivity contribution in [1.82, 2.24) is 14.8 Å². The van der Waals surface area contributed by atoms with Gasteiger partial charge in [-0.05, 0) is 36.8 Å². The second-order valence-corrected chi connectivity index (χ2v) is 6.49. The van der Waals surface area contributed by atoms with E-state index in [-0.39, 0.29) is 11.7 Å². The number of anilines is 1. The molecule has 2 heterocycles. The standard InChI is InChI=1S/C16H15ClN4O2S/c1-10-5-6-11(8-12(10)17)18-14(22)9-24-16-20-19-15(21(16)2)13-4-3-7-23-13/h3-8H,9H2,1-2H3,(H,18,22). The highest BCUT2D eigenvalue weighted by molar-refractivity contribution is 7.99.